The van der Waals surface area contributed by atoms with Gasteiger partial charge in [-0.1, -0.05) is 13.8 Å². The van der Waals surface area contributed by atoms with Crippen LogP contribution in [0, 0.1) is 5.92 Å². The van der Waals surface area contributed by atoms with Gasteiger partial charge in [0, 0.05) is 0 Å². The van der Waals surface area contributed by atoms with Crippen molar-refractivity contribution in [2.24, 2.45) is 5.92 Å². The smallest absolute Gasteiger partial charge is 0.323 e. The molecule has 1 saturated heterocycles. The lowest BCUT2D eigenvalue weighted by atomic mass is 10.1. The number of aliphatic carboxylic acids is 1. The summed E-state index contributed by atoms with van der Waals surface area (Å²) in [6, 6.07) is -0.558. The third-order valence-corrected chi connectivity index (χ3v) is 2.65. The Bertz CT molecular complexity index is 218. The van der Waals surface area contributed by atoms with Crippen LogP contribution < -0.4 is 5.32 Å². The molecule has 0 spiro atoms. The van der Waals surface area contributed by atoms with Crippen LogP contribution in [0.1, 0.15) is 33.6 Å². The van der Waals surface area contributed by atoms with Gasteiger partial charge in [-0.15, -0.1) is 0 Å². The highest BCUT2D eigenvalue weighted by atomic mass is 16.5. The summed E-state index contributed by atoms with van der Waals surface area (Å²) in [6.45, 7) is 6.82. The van der Waals surface area contributed by atoms with E-state index in [1.54, 1.807) is 0 Å². The van der Waals surface area contributed by atoms with E-state index in [1.165, 1.54) is 0 Å². The van der Waals surface area contributed by atoms with Gasteiger partial charge in [0.2, 0.25) is 0 Å². The van der Waals surface area contributed by atoms with Gasteiger partial charge in [0.05, 0.1) is 12.2 Å². The normalized spacial score (nSPS) is 28.3. The first kappa shape index (κ1) is 12.5. The third-order valence-electron chi connectivity index (χ3n) is 2.65. The fraction of sp³-hybridized carbons (Fsp3) is 0.909. The van der Waals surface area contributed by atoms with Crippen molar-refractivity contribution in [2.75, 3.05) is 6.54 Å². The first-order valence-corrected chi connectivity index (χ1v) is 5.62. The number of nitrogens with one attached hydrogen (secondary N) is 1. The van der Waals surface area contributed by atoms with Crippen molar-refractivity contribution in [1.82, 2.24) is 5.32 Å². The molecule has 88 valence electrons. The van der Waals surface area contributed by atoms with E-state index in [4.69, 9.17) is 9.84 Å². The molecule has 15 heavy (non-hydrogen) atoms. The van der Waals surface area contributed by atoms with E-state index >= 15 is 0 Å². The molecule has 0 bridgehead atoms. The Hall–Kier alpha value is -0.610. The molecule has 2 N–H and O–H groups in total. The lowest BCUT2D eigenvalue weighted by Crippen LogP contribution is -2.47. The Morgan fingerprint density at radius 3 is 2.60 bits per heavy atom. The van der Waals surface area contributed by atoms with Crippen molar-refractivity contribution >= 4 is 5.97 Å². The molecule has 1 heterocycles. The average Bonchev–Trinajstić information content (AvgIpc) is 2.51. The Morgan fingerprint density at radius 1 is 1.53 bits per heavy atom. The van der Waals surface area contributed by atoms with Gasteiger partial charge in [0.1, 0.15) is 6.04 Å². The zero-order valence-electron chi connectivity index (χ0n) is 9.69. The molecule has 0 aromatic heterocycles. The minimum Gasteiger partial charge on any atom is -0.480 e. The van der Waals surface area contributed by atoms with Crippen LogP contribution in [0.25, 0.3) is 0 Å². The summed E-state index contributed by atoms with van der Waals surface area (Å²) in [7, 11) is 0. The molecular weight excluding hydrogens is 194 g/mol. The number of carboxylic acids is 1. The maximum atomic E-state index is 11.1. The minimum atomic E-state index is -0.810. The van der Waals surface area contributed by atoms with E-state index in [1.807, 2.05) is 6.92 Å². The Kier molecular flexibility index (Phi) is 4.54. The van der Waals surface area contributed by atoms with Gasteiger partial charge in [0.15, 0.2) is 0 Å². The molecule has 0 aromatic carbocycles. The molecule has 4 heteroatoms. The molecule has 4 nitrogen and oxygen atoms in total. The summed E-state index contributed by atoms with van der Waals surface area (Å²) in [5.41, 5.74) is 0. The Morgan fingerprint density at radius 2 is 2.20 bits per heavy atom. The molecule has 1 fully saturated rings. The molecule has 1 aliphatic rings. The molecule has 0 radical (unpaired) electrons. The number of hydrogen-bond donors (Lipinski definition) is 2. The topological polar surface area (TPSA) is 58.6 Å². The van der Waals surface area contributed by atoms with Crippen LogP contribution in [0.4, 0.5) is 0 Å². The van der Waals surface area contributed by atoms with Crippen LogP contribution in [0.3, 0.4) is 0 Å². The van der Waals surface area contributed by atoms with E-state index in [2.05, 4.69) is 19.2 Å². The minimum absolute atomic E-state index is 0.170. The van der Waals surface area contributed by atoms with Crippen LogP contribution in [-0.2, 0) is 9.53 Å². The van der Waals surface area contributed by atoms with E-state index in [9.17, 15) is 4.79 Å². The van der Waals surface area contributed by atoms with Crippen LogP contribution in [0.2, 0.25) is 0 Å². The number of hydrogen-bond acceptors (Lipinski definition) is 3. The lowest BCUT2D eigenvalue weighted by Gasteiger charge is -2.21. The summed E-state index contributed by atoms with van der Waals surface area (Å²) in [5, 5.41) is 12.1. The second kappa shape index (κ2) is 5.47. The van der Waals surface area contributed by atoms with Gasteiger partial charge < -0.3 is 15.2 Å². The number of ether oxygens (including phenoxy) is 1. The summed E-state index contributed by atoms with van der Waals surface area (Å²) in [4.78, 5) is 11.1. The van der Waals surface area contributed by atoms with Gasteiger partial charge >= 0.3 is 5.97 Å². The summed E-state index contributed by atoms with van der Waals surface area (Å²) in [6.07, 6.45) is 1.81. The number of rotatable bonds is 5. The maximum Gasteiger partial charge on any atom is 0.323 e. The second-order valence-corrected chi connectivity index (χ2v) is 4.68. The fourth-order valence-electron chi connectivity index (χ4n) is 1.82. The molecule has 1 rings (SSSR count). The van der Waals surface area contributed by atoms with E-state index in [0.717, 1.165) is 12.8 Å². The molecule has 0 aliphatic carbocycles. The Labute approximate surface area is 91.0 Å². The molecule has 0 amide bonds. The Balaban J connectivity index is 2.46. The predicted molar refractivity (Wildman–Crippen MR) is 57.8 cm³/mol. The van der Waals surface area contributed by atoms with Gasteiger partial charge in [-0.2, -0.15) is 0 Å². The number of carboxylic acid groups (broad SMARTS) is 1. The van der Waals surface area contributed by atoms with Gasteiger partial charge in [-0.25, -0.2) is 0 Å². The van der Waals surface area contributed by atoms with Crippen molar-refractivity contribution in [3.05, 3.63) is 0 Å². The van der Waals surface area contributed by atoms with Crippen molar-refractivity contribution in [3.63, 3.8) is 0 Å². The van der Waals surface area contributed by atoms with Crippen molar-refractivity contribution in [3.8, 4) is 0 Å². The van der Waals surface area contributed by atoms with Crippen molar-refractivity contribution in [1.29, 1.82) is 0 Å². The van der Waals surface area contributed by atoms with Crippen LogP contribution in [-0.4, -0.2) is 35.9 Å². The summed E-state index contributed by atoms with van der Waals surface area (Å²) in [5.74, 6) is -0.361. The van der Waals surface area contributed by atoms with Crippen LogP contribution in [0.15, 0.2) is 0 Å². The molecule has 3 atom stereocenters. The first-order valence-electron chi connectivity index (χ1n) is 5.62. The van der Waals surface area contributed by atoms with E-state index < -0.39 is 12.0 Å². The lowest BCUT2D eigenvalue weighted by molar-refractivity contribution is -0.143. The molecule has 0 saturated carbocycles. The van der Waals surface area contributed by atoms with Gasteiger partial charge in [-0.3, -0.25) is 4.79 Å². The fourth-order valence-corrected chi connectivity index (χ4v) is 1.82. The molecule has 0 aromatic rings. The molecule has 1 aliphatic heterocycles. The SMILES string of the molecule is CC(C)CNC(C(=O)O)C1CCC(C)O1. The standard InChI is InChI=1S/C11H21NO3/c1-7(2)6-12-10(11(13)14)9-5-4-8(3)15-9/h7-10,12H,4-6H2,1-3H3,(H,13,14). The highest BCUT2D eigenvalue weighted by Crippen LogP contribution is 2.22. The van der Waals surface area contributed by atoms with Gasteiger partial charge in [-0.05, 0) is 32.2 Å². The second-order valence-electron chi connectivity index (χ2n) is 4.68. The van der Waals surface area contributed by atoms with E-state index in [-0.39, 0.29) is 12.2 Å². The summed E-state index contributed by atoms with van der Waals surface area (Å²) < 4.78 is 5.57. The average molecular weight is 215 g/mol. The summed E-state index contributed by atoms with van der Waals surface area (Å²) >= 11 is 0. The highest BCUT2D eigenvalue weighted by Gasteiger charge is 2.33. The molecule has 3 unspecified atom stereocenters. The monoisotopic (exact) mass is 215 g/mol. The maximum absolute atomic E-state index is 11.1. The van der Waals surface area contributed by atoms with E-state index in [0.29, 0.717) is 12.5 Å². The third kappa shape index (κ3) is 3.80. The molecular formula is C11H21NO3. The number of carbonyl (C=O) groups is 1. The quantitative estimate of drug-likeness (QED) is 0.724. The van der Waals surface area contributed by atoms with Gasteiger partial charge in [0.25, 0.3) is 0 Å². The van der Waals surface area contributed by atoms with Crippen molar-refractivity contribution in [2.45, 2.75) is 51.9 Å². The predicted octanol–water partition coefficient (Wildman–Crippen LogP) is 1.25. The first-order chi connectivity index (χ1) is 7.00. The highest BCUT2D eigenvalue weighted by molar-refractivity contribution is 5.74. The zero-order valence-corrected chi connectivity index (χ0v) is 9.69. The van der Waals surface area contributed by atoms with Crippen LogP contribution in [0.5, 0.6) is 0 Å². The zero-order chi connectivity index (χ0) is 11.4. The largest absolute Gasteiger partial charge is 0.480 e. The van der Waals surface area contributed by atoms with Crippen molar-refractivity contribution < 1.29 is 14.6 Å². The van der Waals surface area contributed by atoms with Crippen LogP contribution >= 0.6 is 0 Å².